The zero-order valence-electron chi connectivity index (χ0n) is 22.6. The number of carbonyl (C=O) groups is 2. The minimum Gasteiger partial charge on any atom is -0.496 e. The molecule has 210 valence electrons. The average Bonchev–Trinajstić information content (AvgIpc) is 3.49. The average molecular weight is 567 g/mol. The fraction of sp³-hybridized carbons (Fsp3) is 0.370. The maximum absolute atomic E-state index is 13.8. The van der Waals surface area contributed by atoms with Gasteiger partial charge in [0.05, 0.1) is 42.7 Å². The Labute approximate surface area is 236 Å². The zero-order chi connectivity index (χ0) is 28.6. The topological polar surface area (TPSA) is 154 Å². The van der Waals surface area contributed by atoms with Crippen LogP contribution in [0.15, 0.2) is 18.5 Å². The summed E-state index contributed by atoms with van der Waals surface area (Å²) in [4.78, 5) is 48.2. The third kappa shape index (κ3) is 5.12. The van der Waals surface area contributed by atoms with E-state index in [9.17, 15) is 9.59 Å². The molecule has 0 bridgehead atoms. The van der Waals surface area contributed by atoms with Crippen molar-refractivity contribution in [3.05, 3.63) is 57.3 Å². The minimum absolute atomic E-state index is 0.0548. The van der Waals surface area contributed by atoms with Crippen molar-refractivity contribution in [3.63, 3.8) is 0 Å². The Kier molecular flexibility index (Phi) is 7.74. The number of hydrogen-bond acceptors (Lipinski definition) is 9. The Hall–Kier alpha value is -4.00. The first-order valence-electron chi connectivity index (χ1n) is 12.9. The van der Waals surface area contributed by atoms with Gasteiger partial charge in [0.25, 0.3) is 11.8 Å². The number of hydrogen-bond donors (Lipinski definition) is 3. The Bertz CT molecular complexity index is 1500. The number of anilines is 2. The van der Waals surface area contributed by atoms with Gasteiger partial charge in [-0.15, -0.1) is 0 Å². The van der Waals surface area contributed by atoms with Crippen molar-refractivity contribution < 1.29 is 19.4 Å². The van der Waals surface area contributed by atoms with E-state index in [0.29, 0.717) is 61.0 Å². The molecule has 5 rings (SSSR count). The Morgan fingerprint density at radius 1 is 1.25 bits per heavy atom. The number of nitrogens with one attached hydrogen (secondary N) is 1. The Morgan fingerprint density at radius 3 is 2.70 bits per heavy atom. The molecule has 13 heteroatoms. The molecule has 0 unspecified atom stereocenters. The maximum Gasteiger partial charge on any atom is 0.260 e. The SMILES string of the molecule is COc1c(C)cnc(CN2C(=O)C(=Cc3cc(C(=O)N4CCN(CCO)CC4)c[nH]3)c3c(Cl)nc(N)nc32)c1C. The molecular weight excluding hydrogens is 536 g/mol. The number of aromatic nitrogens is 4. The number of aromatic amines is 1. The number of halogens is 1. The second-order valence-electron chi connectivity index (χ2n) is 9.77. The van der Waals surface area contributed by atoms with Gasteiger partial charge in [0.2, 0.25) is 5.95 Å². The van der Waals surface area contributed by atoms with Gasteiger partial charge in [0, 0.05) is 61.9 Å². The third-order valence-electron chi connectivity index (χ3n) is 7.25. The van der Waals surface area contributed by atoms with Crippen molar-refractivity contribution in [2.75, 3.05) is 57.1 Å². The summed E-state index contributed by atoms with van der Waals surface area (Å²) in [7, 11) is 1.59. The lowest BCUT2D eigenvalue weighted by molar-refractivity contribution is -0.113. The molecule has 2 aliphatic rings. The molecule has 4 N–H and O–H groups in total. The number of aryl methyl sites for hydroxylation is 1. The van der Waals surface area contributed by atoms with Crippen LogP contribution < -0.4 is 15.4 Å². The first-order chi connectivity index (χ1) is 19.2. The van der Waals surface area contributed by atoms with Gasteiger partial charge in [-0.05, 0) is 26.0 Å². The molecule has 1 saturated heterocycles. The highest BCUT2D eigenvalue weighted by Crippen LogP contribution is 2.41. The first kappa shape index (κ1) is 27.6. The lowest BCUT2D eigenvalue weighted by Crippen LogP contribution is -2.49. The first-order valence-corrected chi connectivity index (χ1v) is 13.3. The summed E-state index contributed by atoms with van der Waals surface area (Å²) in [6.45, 7) is 7.17. The minimum atomic E-state index is -0.347. The van der Waals surface area contributed by atoms with E-state index < -0.39 is 0 Å². The molecule has 0 spiro atoms. The van der Waals surface area contributed by atoms with E-state index in [0.717, 1.165) is 11.1 Å². The summed E-state index contributed by atoms with van der Waals surface area (Å²) in [6.07, 6.45) is 4.96. The smallest absolute Gasteiger partial charge is 0.260 e. The number of methoxy groups -OCH3 is 1. The highest BCUT2D eigenvalue weighted by molar-refractivity contribution is 6.41. The van der Waals surface area contributed by atoms with Crippen LogP contribution in [0.4, 0.5) is 11.8 Å². The monoisotopic (exact) mass is 566 g/mol. The van der Waals surface area contributed by atoms with E-state index in [2.05, 4.69) is 24.8 Å². The largest absolute Gasteiger partial charge is 0.496 e. The van der Waals surface area contributed by atoms with Gasteiger partial charge in [-0.25, -0.2) is 4.98 Å². The van der Waals surface area contributed by atoms with Crippen molar-refractivity contribution in [1.82, 2.24) is 29.7 Å². The van der Waals surface area contributed by atoms with Crippen LogP contribution in [0.3, 0.4) is 0 Å². The molecule has 0 saturated carbocycles. The number of fused-ring (bicyclic) bond motifs is 1. The predicted molar refractivity (Wildman–Crippen MR) is 151 cm³/mol. The van der Waals surface area contributed by atoms with Gasteiger partial charge in [0.1, 0.15) is 10.9 Å². The molecule has 3 aromatic heterocycles. The van der Waals surface area contributed by atoms with Crippen molar-refractivity contribution in [2.24, 2.45) is 0 Å². The van der Waals surface area contributed by atoms with Gasteiger partial charge in [0.15, 0.2) is 5.82 Å². The molecular formula is C27H31ClN8O4. The summed E-state index contributed by atoms with van der Waals surface area (Å²) in [5.41, 5.74) is 9.91. The van der Waals surface area contributed by atoms with Crippen molar-refractivity contribution in [3.8, 4) is 5.75 Å². The summed E-state index contributed by atoms with van der Waals surface area (Å²) in [5.74, 6) is 0.485. The number of aliphatic hydroxyl groups is 1. The third-order valence-corrected chi connectivity index (χ3v) is 7.52. The van der Waals surface area contributed by atoms with E-state index in [1.807, 2.05) is 13.8 Å². The maximum atomic E-state index is 13.8. The Balaban J connectivity index is 1.43. The number of nitrogens with two attached hydrogens (primary N) is 1. The fourth-order valence-electron chi connectivity index (χ4n) is 5.15. The summed E-state index contributed by atoms with van der Waals surface area (Å²) >= 11 is 6.48. The van der Waals surface area contributed by atoms with Crippen LogP contribution in [0, 0.1) is 13.8 Å². The van der Waals surface area contributed by atoms with Gasteiger partial charge in [-0.1, -0.05) is 11.6 Å². The standard InChI is InChI=1S/C27H31ClN8O4/c1-15-12-31-20(16(2)22(15)40-3)14-36-24-21(23(28)32-27(29)33-24)19(26(36)39)11-18-10-17(13-30-18)25(38)35-6-4-34(5-7-35)8-9-37/h10-13,30,37H,4-9,14H2,1-3H3,(H2,29,32,33). The van der Waals surface area contributed by atoms with Crippen molar-refractivity contribution in [1.29, 1.82) is 0 Å². The lowest BCUT2D eigenvalue weighted by Gasteiger charge is -2.34. The number of ether oxygens (including phenoxy) is 1. The zero-order valence-corrected chi connectivity index (χ0v) is 23.3. The molecule has 40 heavy (non-hydrogen) atoms. The van der Waals surface area contributed by atoms with Gasteiger partial charge in [-0.2, -0.15) is 4.98 Å². The number of H-pyrrole nitrogens is 1. The van der Waals surface area contributed by atoms with Crippen LogP contribution in [0.1, 0.15) is 38.4 Å². The summed E-state index contributed by atoms with van der Waals surface area (Å²) in [5, 5.41) is 9.20. The molecule has 3 aromatic rings. The van der Waals surface area contributed by atoms with Crippen LogP contribution in [0.5, 0.6) is 5.75 Å². The molecule has 12 nitrogen and oxygen atoms in total. The van der Waals surface area contributed by atoms with Gasteiger partial charge >= 0.3 is 0 Å². The highest BCUT2D eigenvalue weighted by atomic mass is 35.5. The van der Waals surface area contributed by atoms with Crippen LogP contribution in [0.2, 0.25) is 5.15 Å². The van der Waals surface area contributed by atoms with E-state index in [1.165, 1.54) is 4.90 Å². The van der Waals surface area contributed by atoms with Gasteiger partial charge < -0.3 is 25.5 Å². The summed E-state index contributed by atoms with van der Waals surface area (Å²) < 4.78 is 5.53. The number of amides is 2. The normalized spacial score (nSPS) is 16.6. The van der Waals surface area contributed by atoms with E-state index in [-0.39, 0.29) is 47.5 Å². The number of nitrogen functional groups attached to an aromatic ring is 1. The molecule has 0 atom stereocenters. The van der Waals surface area contributed by atoms with Gasteiger partial charge in [-0.3, -0.25) is 24.4 Å². The van der Waals surface area contributed by atoms with Crippen molar-refractivity contribution in [2.45, 2.75) is 20.4 Å². The van der Waals surface area contributed by atoms with Crippen LogP contribution in [-0.2, 0) is 11.3 Å². The number of carbonyl (C=O) groups excluding carboxylic acids is 2. The summed E-state index contributed by atoms with van der Waals surface area (Å²) in [6, 6.07) is 1.70. The number of nitrogens with zero attached hydrogens (tertiary/aromatic N) is 6. The molecule has 5 heterocycles. The molecule has 1 fully saturated rings. The number of rotatable bonds is 7. The quantitative estimate of drug-likeness (QED) is 0.287. The van der Waals surface area contributed by atoms with Crippen molar-refractivity contribution >= 4 is 46.8 Å². The molecule has 2 amide bonds. The lowest BCUT2D eigenvalue weighted by atomic mass is 10.1. The molecule has 0 aliphatic carbocycles. The van der Waals surface area contributed by atoms with Crippen LogP contribution >= 0.6 is 11.6 Å². The number of β-amino-alcohol motifs (C(OH)–C–C–N with tert-alkyl or cyclic N) is 1. The molecule has 2 aliphatic heterocycles. The van der Waals surface area contributed by atoms with E-state index in [1.54, 1.807) is 36.5 Å². The van der Waals surface area contributed by atoms with E-state index in [4.69, 9.17) is 27.2 Å². The van der Waals surface area contributed by atoms with Crippen LogP contribution in [0.25, 0.3) is 11.6 Å². The predicted octanol–water partition coefficient (Wildman–Crippen LogP) is 1.90. The molecule has 0 aromatic carbocycles. The molecule has 0 radical (unpaired) electrons. The Morgan fingerprint density at radius 2 is 2.00 bits per heavy atom. The second-order valence-corrected chi connectivity index (χ2v) is 10.1. The van der Waals surface area contributed by atoms with Crippen LogP contribution in [-0.4, -0.2) is 93.1 Å². The highest BCUT2D eigenvalue weighted by Gasteiger charge is 2.37. The number of pyridine rings is 1. The number of piperazine rings is 1. The number of aliphatic hydroxyl groups excluding tert-OH is 1. The fourth-order valence-corrected chi connectivity index (χ4v) is 5.42. The second kappa shape index (κ2) is 11.2. The van der Waals surface area contributed by atoms with E-state index >= 15 is 0 Å².